The quantitative estimate of drug-likeness (QED) is 0.398. The Morgan fingerprint density at radius 1 is 1.23 bits per heavy atom. The molecule has 22 heavy (non-hydrogen) atoms. The molecule has 2 N–H and O–H groups in total. The number of nitrogens with zero attached hydrogens (tertiary/aromatic N) is 1. The zero-order valence-electron chi connectivity index (χ0n) is 12.0. The van der Waals surface area contributed by atoms with Gasteiger partial charge in [-0.05, 0) is 48.9 Å². The Kier molecular flexibility index (Phi) is 5.38. The van der Waals surface area contributed by atoms with Gasteiger partial charge < -0.3 is 15.3 Å². The van der Waals surface area contributed by atoms with Gasteiger partial charge in [-0.2, -0.15) is 0 Å². The molecule has 0 saturated carbocycles. The van der Waals surface area contributed by atoms with E-state index in [1.807, 2.05) is 25.1 Å². The summed E-state index contributed by atoms with van der Waals surface area (Å²) in [4.78, 5) is 16.3. The monoisotopic (exact) mass is 318 g/mol. The second kappa shape index (κ2) is 7.47. The number of benzene rings is 2. The number of oxime groups is 1. The van der Waals surface area contributed by atoms with E-state index in [2.05, 4.69) is 5.16 Å². The van der Waals surface area contributed by atoms with Crippen LogP contribution >= 0.6 is 11.6 Å². The van der Waals surface area contributed by atoms with Crippen LogP contribution in [0.4, 0.5) is 0 Å². The van der Waals surface area contributed by atoms with Crippen LogP contribution in [-0.4, -0.2) is 18.4 Å². The van der Waals surface area contributed by atoms with E-state index >= 15 is 0 Å². The van der Waals surface area contributed by atoms with Crippen LogP contribution in [0.1, 0.15) is 11.1 Å². The smallest absolute Gasteiger partial charge is 0.372 e. The van der Waals surface area contributed by atoms with Crippen molar-refractivity contribution in [1.29, 1.82) is 0 Å². The summed E-state index contributed by atoms with van der Waals surface area (Å²) < 4.78 is 5.30. The first-order chi connectivity index (χ1) is 10.5. The maximum absolute atomic E-state index is 11.6. The van der Waals surface area contributed by atoms with Crippen LogP contribution in [0.25, 0.3) is 0 Å². The first-order valence-corrected chi connectivity index (χ1v) is 6.91. The Balaban J connectivity index is 1.86. The lowest BCUT2D eigenvalue weighted by Crippen LogP contribution is -2.17. The number of aryl methyl sites for hydroxylation is 1. The standard InChI is InChI=1S/C16H15ClN2O3/c1-11-3-2-4-14(9-11)21-10-15(20)22-19-16(18)12-5-7-13(17)8-6-12/h2-9H,10H2,1H3,(H2,18,19). The van der Waals surface area contributed by atoms with Crippen LogP contribution in [0.15, 0.2) is 53.7 Å². The summed E-state index contributed by atoms with van der Waals surface area (Å²) in [5.74, 6) is 0.0330. The van der Waals surface area contributed by atoms with Crippen molar-refractivity contribution < 1.29 is 14.4 Å². The molecule has 0 spiro atoms. The topological polar surface area (TPSA) is 73.9 Å². The van der Waals surface area contributed by atoms with Gasteiger partial charge in [-0.3, -0.25) is 0 Å². The highest BCUT2D eigenvalue weighted by molar-refractivity contribution is 6.30. The minimum Gasteiger partial charge on any atom is -0.482 e. The third kappa shape index (κ3) is 4.79. The number of hydrogen-bond acceptors (Lipinski definition) is 4. The van der Waals surface area contributed by atoms with Crippen LogP contribution in [0, 0.1) is 6.92 Å². The molecule has 0 unspecified atom stereocenters. The largest absolute Gasteiger partial charge is 0.482 e. The van der Waals surface area contributed by atoms with E-state index in [9.17, 15) is 4.79 Å². The van der Waals surface area contributed by atoms with Gasteiger partial charge in [0.05, 0.1) is 0 Å². The fraction of sp³-hybridized carbons (Fsp3) is 0.125. The molecule has 114 valence electrons. The second-order valence-electron chi connectivity index (χ2n) is 4.55. The highest BCUT2D eigenvalue weighted by Crippen LogP contribution is 2.12. The SMILES string of the molecule is Cc1cccc(OCC(=O)ON=C(N)c2ccc(Cl)cc2)c1. The average Bonchev–Trinajstić information content (AvgIpc) is 2.51. The van der Waals surface area contributed by atoms with Crippen LogP contribution in [0.3, 0.4) is 0 Å². The molecule has 0 bridgehead atoms. The summed E-state index contributed by atoms with van der Waals surface area (Å²) in [6, 6.07) is 14.0. The number of halogens is 1. The molecule has 0 aliphatic heterocycles. The number of carbonyl (C=O) groups is 1. The molecule has 0 saturated heterocycles. The summed E-state index contributed by atoms with van der Waals surface area (Å²) in [6.45, 7) is 1.68. The number of hydrogen-bond donors (Lipinski definition) is 1. The van der Waals surface area contributed by atoms with Gasteiger partial charge in [-0.1, -0.05) is 28.9 Å². The normalized spacial score (nSPS) is 11.1. The third-order valence-electron chi connectivity index (χ3n) is 2.73. The lowest BCUT2D eigenvalue weighted by molar-refractivity contribution is -0.146. The Bertz CT molecular complexity index is 684. The second-order valence-corrected chi connectivity index (χ2v) is 4.99. The van der Waals surface area contributed by atoms with Gasteiger partial charge in [0.15, 0.2) is 12.4 Å². The van der Waals surface area contributed by atoms with E-state index in [0.717, 1.165) is 5.56 Å². The fourth-order valence-electron chi connectivity index (χ4n) is 1.65. The van der Waals surface area contributed by atoms with Gasteiger partial charge in [-0.15, -0.1) is 0 Å². The van der Waals surface area contributed by atoms with Crippen LogP contribution in [0.5, 0.6) is 5.75 Å². The summed E-state index contributed by atoms with van der Waals surface area (Å²) in [5.41, 5.74) is 7.36. The van der Waals surface area contributed by atoms with Gasteiger partial charge in [0.25, 0.3) is 0 Å². The number of rotatable bonds is 5. The molecule has 6 heteroatoms. The van der Waals surface area contributed by atoms with E-state index in [1.165, 1.54) is 0 Å². The Labute approximate surface area is 133 Å². The average molecular weight is 319 g/mol. The van der Waals surface area contributed by atoms with Crippen molar-refractivity contribution in [2.75, 3.05) is 6.61 Å². The molecule has 0 heterocycles. The molecule has 0 radical (unpaired) electrons. The molecule has 0 aliphatic rings. The van der Waals surface area contributed by atoms with E-state index in [4.69, 9.17) is 26.9 Å². The predicted octanol–water partition coefficient (Wildman–Crippen LogP) is 2.89. The lowest BCUT2D eigenvalue weighted by Gasteiger charge is -2.05. The van der Waals surface area contributed by atoms with E-state index in [-0.39, 0.29) is 12.4 Å². The molecule has 5 nitrogen and oxygen atoms in total. The Morgan fingerprint density at radius 2 is 1.95 bits per heavy atom. The highest BCUT2D eigenvalue weighted by Gasteiger charge is 2.06. The maximum Gasteiger partial charge on any atom is 0.372 e. The number of nitrogens with two attached hydrogens (primary N) is 1. The van der Waals surface area contributed by atoms with Crippen molar-refractivity contribution in [2.45, 2.75) is 6.92 Å². The predicted molar refractivity (Wildman–Crippen MR) is 84.9 cm³/mol. The molecule has 0 fully saturated rings. The van der Waals surface area contributed by atoms with Gasteiger partial charge in [-0.25, -0.2) is 4.79 Å². The molecule has 2 rings (SSSR count). The van der Waals surface area contributed by atoms with Crippen molar-refractivity contribution in [2.24, 2.45) is 10.9 Å². The molecular formula is C16H15ClN2O3. The Hall–Kier alpha value is -2.53. The molecular weight excluding hydrogens is 304 g/mol. The fourth-order valence-corrected chi connectivity index (χ4v) is 1.77. The number of ether oxygens (including phenoxy) is 1. The summed E-state index contributed by atoms with van der Waals surface area (Å²) in [7, 11) is 0. The summed E-state index contributed by atoms with van der Waals surface area (Å²) in [5, 5.41) is 4.16. The van der Waals surface area contributed by atoms with Gasteiger partial charge in [0.2, 0.25) is 0 Å². The number of carbonyl (C=O) groups excluding carboxylic acids is 1. The molecule has 0 aromatic heterocycles. The first kappa shape index (κ1) is 15.9. The zero-order valence-corrected chi connectivity index (χ0v) is 12.7. The summed E-state index contributed by atoms with van der Waals surface area (Å²) in [6.07, 6.45) is 0. The Morgan fingerprint density at radius 3 is 2.64 bits per heavy atom. The highest BCUT2D eigenvalue weighted by atomic mass is 35.5. The van der Waals surface area contributed by atoms with Crippen molar-refractivity contribution in [1.82, 2.24) is 0 Å². The molecule has 2 aromatic rings. The van der Waals surface area contributed by atoms with Gasteiger partial charge in [0, 0.05) is 10.6 Å². The van der Waals surface area contributed by atoms with E-state index in [0.29, 0.717) is 16.3 Å². The molecule has 2 aromatic carbocycles. The molecule has 0 atom stereocenters. The maximum atomic E-state index is 11.6. The molecule has 0 aliphatic carbocycles. The summed E-state index contributed by atoms with van der Waals surface area (Å²) >= 11 is 5.77. The van der Waals surface area contributed by atoms with Crippen LogP contribution in [0.2, 0.25) is 5.02 Å². The molecule has 0 amide bonds. The van der Waals surface area contributed by atoms with Crippen molar-refractivity contribution in [3.05, 3.63) is 64.7 Å². The van der Waals surface area contributed by atoms with Crippen molar-refractivity contribution >= 4 is 23.4 Å². The lowest BCUT2D eigenvalue weighted by atomic mass is 10.2. The third-order valence-corrected chi connectivity index (χ3v) is 2.98. The van der Waals surface area contributed by atoms with Gasteiger partial charge >= 0.3 is 5.97 Å². The van der Waals surface area contributed by atoms with Crippen LogP contribution in [-0.2, 0) is 9.63 Å². The van der Waals surface area contributed by atoms with Gasteiger partial charge in [0.1, 0.15) is 5.75 Å². The van der Waals surface area contributed by atoms with E-state index in [1.54, 1.807) is 30.3 Å². The minimum atomic E-state index is -0.640. The number of amidine groups is 1. The van der Waals surface area contributed by atoms with E-state index < -0.39 is 5.97 Å². The first-order valence-electron chi connectivity index (χ1n) is 6.53. The van der Waals surface area contributed by atoms with Crippen molar-refractivity contribution in [3.63, 3.8) is 0 Å². The van der Waals surface area contributed by atoms with Crippen LogP contribution < -0.4 is 10.5 Å². The zero-order chi connectivity index (χ0) is 15.9. The van der Waals surface area contributed by atoms with Crippen molar-refractivity contribution in [3.8, 4) is 5.75 Å². The minimum absolute atomic E-state index is 0.0839.